The number of fused-ring (bicyclic) bond motifs is 2. The zero-order valence-corrected chi connectivity index (χ0v) is 20.0. The SMILES string of the molecule is COC(=O)c1cccc2[nH]cc(C(=O)c3cc(N4CCC(n5c(=O)[nH]c6ncccc65)CC4)ncn3)c12. The van der Waals surface area contributed by atoms with Crippen molar-refractivity contribution >= 4 is 39.6 Å². The van der Waals surface area contributed by atoms with E-state index in [-0.39, 0.29) is 23.2 Å². The molecule has 11 heteroatoms. The Morgan fingerprint density at radius 2 is 1.89 bits per heavy atom. The first kappa shape index (κ1) is 22.7. The van der Waals surface area contributed by atoms with Crippen LogP contribution in [0.2, 0.25) is 0 Å². The number of imidazole rings is 1. The van der Waals surface area contributed by atoms with Gasteiger partial charge in [-0.1, -0.05) is 6.07 Å². The third-order valence-electron chi connectivity index (χ3n) is 6.88. The van der Waals surface area contributed by atoms with Gasteiger partial charge in [0, 0.05) is 48.5 Å². The van der Waals surface area contributed by atoms with Crippen molar-refractivity contribution in [2.75, 3.05) is 25.1 Å². The highest BCUT2D eigenvalue weighted by Gasteiger charge is 2.26. The number of piperidine rings is 1. The van der Waals surface area contributed by atoms with Gasteiger partial charge in [0.25, 0.3) is 0 Å². The lowest BCUT2D eigenvalue weighted by molar-refractivity contribution is 0.0603. The number of anilines is 1. The van der Waals surface area contributed by atoms with Crippen LogP contribution in [-0.4, -0.2) is 61.4 Å². The summed E-state index contributed by atoms with van der Waals surface area (Å²) in [4.78, 5) is 59.1. The number of aromatic amines is 2. The normalized spacial score (nSPS) is 14.4. The maximum absolute atomic E-state index is 13.5. The number of esters is 1. The Morgan fingerprint density at radius 1 is 1.05 bits per heavy atom. The van der Waals surface area contributed by atoms with E-state index in [1.54, 1.807) is 41.2 Å². The smallest absolute Gasteiger partial charge is 0.338 e. The molecule has 0 bridgehead atoms. The predicted octanol–water partition coefficient (Wildman–Crippen LogP) is 2.86. The maximum Gasteiger partial charge on any atom is 0.338 e. The van der Waals surface area contributed by atoms with Crippen LogP contribution in [0.15, 0.2) is 59.9 Å². The highest BCUT2D eigenvalue weighted by atomic mass is 16.5. The number of nitrogens with zero attached hydrogens (tertiary/aromatic N) is 5. The lowest BCUT2D eigenvalue weighted by Crippen LogP contribution is -2.37. The van der Waals surface area contributed by atoms with E-state index >= 15 is 0 Å². The van der Waals surface area contributed by atoms with Gasteiger partial charge in [-0.25, -0.2) is 24.5 Å². The number of ketones is 1. The Bertz CT molecular complexity index is 1710. The highest BCUT2D eigenvalue weighted by Crippen LogP contribution is 2.29. The molecule has 0 spiro atoms. The molecule has 0 atom stereocenters. The number of ether oxygens (including phenoxy) is 1. The second-order valence-corrected chi connectivity index (χ2v) is 8.90. The van der Waals surface area contributed by atoms with E-state index in [4.69, 9.17) is 4.74 Å². The summed E-state index contributed by atoms with van der Waals surface area (Å²) >= 11 is 0. The molecule has 1 saturated heterocycles. The molecule has 5 aromatic rings. The van der Waals surface area contributed by atoms with Crippen LogP contribution in [0.1, 0.15) is 45.3 Å². The van der Waals surface area contributed by atoms with Crippen LogP contribution in [0.25, 0.3) is 22.1 Å². The molecule has 6 rings (SSSR count). The van der Waals surface area contributed by atoms with Crippen molar-refractivity contribution in [2.24, 2.45) is 0 Å². The number of rotatable bonds is 5. The number of hydrogen-bond donors (Lipinski definition) is 2. The number of carbonyl (C=O) groups excluding carboxylic acids is 2. The van der Waals surface area contributed by atoms with Crippen molar-refractivity contribution < 1.29 is 14.3 Å². The molecule has 0 saturated carbocycles. The van der Waals surface area contributed by atoms with Crippen molar-refractivity contribution in [2.45, 2.75) is 18.9 Å². The van der Waals surface area contributed by atoms with Gasteiger partial charge in [-0.05, 0) is 37.1 Å². The van der Waals surface area contributed by atoms with E-state index in [0.717, 1.165) is 18.4 Å². The number of nitrogens with one attached hydrogen (secondary N) is 2. The van der Waals surface area contributed by atoms with E-state index in [2.05, 4.69) is 29.8 Å². The minimum atomic E-state index is -0.518. The Hall–Kier alpha value is -4.80. The summed E-state index contributed by atoms with van der Waals surface area (Å²) in [6.07, 6.45) is 6.09. The lowest BCUT2D eigenvalue weighted by Gasteiger charge is -2.33. The number of methoxy groups -OCH3 is 1. The van der Waals surface area contributed by atoms with Crippen LogP contribution in [0, 0.1) is 0 Å². The number of carbonyl (C=O) groups is 2. The summed E-state index contributed by atoms with van der Waals surface area (Å²) in [7, 11) is 1.31. The summed E-state index contributed by atoms with van der Waals surface area (Å²) in [5, 5.41) is 0.499. The van der Waals surface area contributed by atoms with Gasteiger partial charge in [0.2, 0.25) is 5.78 Å². The van der Waals surface area contributed by atoms with Gasteiger partial charge in [0.1, 0.15) is 17.8 Å². The average molecular weight is 498 g/mol. The fourth-order valence-electron chi connectivity index (χ4n) is 5.10. The van der Waals surface area contributed by atoms with Gasteiger partial charge < -0.3 is 14.6 Å². The molecule has 0 amide bonds. The summed E-state index contributed by atoms with van der Waals surface area (Å²) in [5.74, 6) is -0.202. The Morgan fingerprint density at radius 3 is 2.70 bits per heavy atom. The number of H-pyrrole nitrogens is 2. The van der Waals surface area contributed by atoms with E-state index in [0.29, 0.717) is 46.6 Å². The molecule has 186 valence electrons. The second kappa shape index (κ2) is 9.01. The molecule has 37 heavy (non-hydrogen) atoms. The molecular weight excluding hydrogens is 474 g/mol. The highest BCUT2D eigenvalue weighted by molar-refractivity contribution is 6.19. The molecule has 1 aromatic carbocycles. The monoisotopic (exact) mass is 497 g/mol. The van der Waals surface area contributed by atoms with Crippen LogP contribution in [0.3, 0.4) is 0 Å². The first-order valence-corrected chi connectivity index (χ1v) is 11.9. The molecule has 0 unspecified atom stereocenters. The van der Waals surface area contributed by atoms with E-state index in [1.165, 1.54) is 13.4 Å². The maximum atomic E-state index is 13.5. The fraction of sp³-hybridized carbons (Fsp3) is 0.231. The Balaban J connectivity index is 1.25. The van der Waals surface area contributed by atoms with Crippen molar-refractivity contribution in [3.63, 3.8) is 0 Å². The van der Waals surface area contributed by atoms with Crippen molar-refractivity contribution in [3.8, 4) is 0 Å². The molecule has 1 fully saturated rings. The fourth-order valence-corrected chi connectivity index (χ4v) is 5.10. The predicted molar refractivity (Wildman–Crippen MR) is 136 cm³/mol. The molecule has 5 heterocycles. The van der Waals surface area contributed by atoms with Gasteiger partial charge in [0.15, 0.2) is 5.65 Å². The minimum absolute atomic E-state index is 0.0348. The molecule has 1 aliphatic heterocycles. The summed E-state index contributed by atoms with van der Waals surface area (Å²) in [6, 6.07) is 10.6. The van der Waals surface area contributed by atoms with Crippen molar-refractivity contribution in [1.82, 2.24) is 29.5 Å². The molecular formula is C26H23N7O4. The van der Waals surface area contributed by atoms with Crippen LogP contribution in [0.5, 0.6) is 0 Å². The first-order valence-electron chi connectivity index (χ1n) is 11.9. The molecule has 11 nitrogen and oxygen atoms in total. The van der Waals surface area contributed by atoms with Crippen LogP contribution in [-0.2, 0) is 4.74 Å². The van der Waals surface area contributed by atoms with Gasteiger partial charge in [-0.3, -0.25) is 14.3 Å². The Labute approximate surface area is 210 Å². The number of hydrogen-bond acceptors (Lipinski definition) is 8. The van der Waals surface area contributed by atoms with Gasteiger partial charge >= 0.3 is 11.7 Å². The zero-order valence-electron chi connectivity index (χ0n) is 20.0. The van der Waals surface area contributed by atoms with Gasteiger partial charge in [-0.2, -0.15) is 0 Å². The van der Waals surface area contributed by atoms with Crippen LogP contribution in [0.4, 0.5) is 5.82 Å². The summed E-state index contributed by atoms with van der Waals surface area (Å²) < 4.78 is 6.68. The number of aromatic nitrogens is 6. The number of pyridine rings is 1. The molecule has 2 N–H and O–H groups in total. The third kappa shape index (κ3) is 3.84. The molecule has 0 radical (unpaired) electrons. The lowest BCUT2D eigenvalue weighted by atomic mass is 10.0. The molecule has 4 aromatic heterocycles. The van der Waals surface area contributed by atoms with Crippen LogP contribution < -0.4 is 10.6 Å². The van der Waals surface area contributed by atoms with Crippen molar-refractivity contribution in [3.05, 3.63) is 82.4 Å². The average Bonchev–Trinajstić information content (AvgIpc) is 3.53. The molecule has 1 aliphatic rings. The molecule has 0 aliphatic carbocycles. The Kier molecular flexibility index (Phi) is 5.52. The summed E-state index contributed by atoms with van der Waals surface area (Å²) in [5.41, 5.74) is 2.76. The quantitative estimate of drug-likeness (QED) is 0.279. The van der Waals surface area contributed by atoms with E-state index < -0.39 is 5.97 Å². The van der Waals surface area contributed by atoms with Gasteiger partial charge in [-0.15, -0.1) is 0 Å². The minimum Gasteiger partial charge on any atom is -0.465 e. The van der Waals surface area contributed by atoms with E-state index in [9.17, 15) is 14.4 Å². The first-order chi connectivity index (χ1) is 18.0. The zero-order chi connectivity index (χ0) is 25.5. The van der Waals surface area contributed by atoms with Crippen molar-refractivity contribution in [1.29, 1.82) is 0 Å². The standard InChI is InChI=1S/C26H23N7O4/c1-37-25(35)16-4-2-5-18-22(16)17(13-28-18)23(34)19-12-21(30-14-29-19)32-10-7-15(8-11-32)33-20-6-3-9-27-24(20)31-26(33)36/h2-6,9,12-15,28H,7-8,10-11H2,1H3,(H,27,31,36). The largest absolute Gasteiger partial charge is 0.465 e. The van der Waals surface area contributed by atoms with E-state index in [1.807, 2.05) is 12.1 Å². The topological polar surface area (TPSA) is 139 Å². The van der Waals surface area contributed by atoms with Gasteiger partial charge in [0.05, 0.1) is 23.8 Å². The third-order valence-corrected chi connectivity index (χ3v) is 6.88. The van der Waals surface area contributed by atoms with Crippen LogP contribution >= 0.6 is 0 Å². The number of benzene rings is 1. The summed E-state index contributed by atoms with van der Waals surface area (Å²) in [6.45, 7) is 1.32. The second-order valence-electron chi connectivity index (χ2n) is 8.90.